The smallest absolute Gasteiger partial charge is 0.323 e. The van der Waals surface area contributed by atoms with Crippen molar-refractivity contribution < 1.29 is 23.9 Å². The molecule has 6 nitrogen and oxygen atoms in total. The van der Waals surface area contributed by atoms with Crippen LogP contribution in [0.25, 0.3) is 11.6 Å². The summed E-state index contributed by atoms with van der Waals surface area (Å²) in [5.74, 6) is -0.0513. The SMILES string of the molecule is C[C@@H]1C[C@@H]1c1ccc(/C=C2\C(=O)N(CC(=O)O)C(=O)c3ccccc32)o1. The zero-order valence-corrected chi connectivity index (χ0v) is 14.1. The number of furan rings is 1. The van der Waals surface area contributed by atoms with Crippen LogP contribution in [0.2, 0.25) is 0 Å². The molecule has 2 aromatic rings. The number of carboxylic acids is 1. The fourth-order valence-electron chi connectivity index (χ4n) is 3.33. The Morgan fingerprint density at radius 1 is 1.19 bits per heavy atom. The van der Waals surface area contributed by atoms with Crippen LogP contribution in [-0.4, -0.2) is 34.3 Å². The first-order valence-corrected chi connectivity index (χ1v) is 8.44. The summed E-state index contributed by atoms with van der Waals surface area (Å²) in [6, 6.07) is 10.4. The molecule has 26 heavy (non-hydrogen) atoms. The zero-order valence-electron chi connectivity index (χ0n) is 14.1. The van der Waals surface area contributed by atoms with Crippen molar-refractivity contribution in [2.24, 2.45) is 5.92 Å². The lowest BCUT2D eigenvalue weighted by Crippen LogP contribution is -2.44. The standard InChI is InChI=1S/C20H17NO5/c1-11-8-15(11)17-7-6-12(26-17)9-16-13-4-2-3-5-14(13)19(24)21(20(16)25)10-18(22)23/h2-7,9,11,15H,8,10H2,1H3,(H,22,23)/b16-9-/t11-,15+/m1/s1. The van der Waals surface area contributed by atoms with Crippen LogP contribution in [0.5, 0.6) is 0 Å². The number of carbonyl (C=O) groups is 3. The van der Waals surface area contributed by atoms with Crippen LogP contribution in [0.4, 0.5) is 0 Å². The number of benzene rings is 1. The van der Waals surface area contributed by atoms with E-state index in [2.05, 4.69) is 6.92 Å². The number of hydrogen-bond acceptors (Lipinski definition) is 4. The topological polar surface area (TPSA) is 87.8 Å². The molecule has 2 aliphatic rings. The van der Waals surface area contributed by atoms with Crippen LogP contribution in [-0.2, 0) is 9.59 Å². The summed E-state index contributed by atoms with van der Waals surface area (Å²) in [4.78, 5) is 37.1. The number of hydrogen-bond donors (Lipinski definition) is 1. The van der Waals surface area contributed by atoms with Crippen molar-refractivity contribution in [2.75, 3.05) is 6.54 Å². The Balaban J connectivity index is 1.76. The van der Waals surface area contributed by atoms with Crippen molar-refractivity contribution in [3.63, 3.8) is 0 Å². The lowest BCUT2D eigenvalue weighted by Gasteiger charge is -2.27. The van der Waals surface area contributed by atoms with Crippen molar-refractivity contribution in [2.45, 2.75) is 19.3 Å². The molecule has 1 aliphatic heterocycles. The second-order valence-electron chi connectivity index (χ2n) is 6.75. The van der Waals surface area contributed by atoms with Crippen LogP contribution < -0.4 is 0 Å². The van der Waals surface area contributed by atoms with Crippen LogP contribution in [0.1, 0.15) is 46.7 Å². The molecule has 1 N–H and O–H groups in total. The van der Waals surface area contributed by atoms with Crippen molar-refractivity contribution in [3.8, 4) is 0 Å². The van der Waals surface area contributed by atoms with Gasteiger partial charge >= 0.3 is 5.97 Å². The maximum absolute atomic E-state index is 12.8. The quantitative estimate of drug-likeness (QED) is 0.676. The second kappa shape index (κ2) is 5.98. The highest BCUT2D eigenvalue weighted by molar-refractivity contribution is 6.34. The highest BCUT2D eigenvalue weighted by atomic mass is 16.4. The fourth-order valence-corrected chi connectivity index (χ4v) is 3.33. The van der Waals surface area contributed by atoms with E-state index in [-0.39, 0.29) is 5.57 Å². The van der Waals surface area contributed by atoms with E-state index in [1.54, 1.807) is 36.4 Å². The molecule has 0 bridgehead atoms. The van der Waals surface area contributed by atoms with Crippen LogP contribution in [0.3, 0.4) is 0 Å². The fraction of sp³-hybridized carbons (Fsp3) is 0.250. The molecular weight excluding hydrogens is 334 g/mol. The van der Waals surface area contributed by atoms with E-state index in [9.17, 15) is 14.4 Å². The van der Waals surface area contributed by atoms with Gasteiger partial charge in [-0.2, -0.15) is 0 Å². The van der Waals surface area contributed by atoms with Crippen molar-refractivity contribution >= 4 is 29.4 Å². The third-order valence-corrected chi connectivity index (χ3v) is 4.87. The van der Waals surface area contributed by atoms with Crippen LogP contribution in [0, 0.1) is 5.92 Å². The molecule has 0 radical (unpaired) electrons. The number of fused-ring (bicyclic) bond motifs is 1. The summed E-state index contributed by atoms with van der Waals surface area (Å²) in [7, 11) is 0. The Bertz CT molecular complexity index is 955. The van der Waals surface area contributed by atoms with Gasteiger partial charge in [0.1, 0.15) is 18.1 Å². The van der Waals surface area contributed by atoms with E-state index < -0.39 is 24.3 Å². The predicted octanol–water partition coefficient (Wildman–Crippen LogP) is 3.01. The van der Waals surface area contributed by atoms with Gasteiger partial charge in [-0.1, -0.05) is 25.1 Å². The average molecular weight is 351 g/mol. The predicted molar refractivity (Wildman–Crippen MR) is 93.2 cm³/mol. The number of aliphatic carboxylic acids is 1. The van der Waals surface area contributed by atoms with E-state index in [0.717, 1.165) is 17.1 Å². The average Bonchev–Trinajstić information content (AvgIpc) is 3.16. The van der Waals surface area contributed by atoms with Crippen LogP contribution in [0.15, 0.2) is 40.8 Å². The number of rotatable bonds is 4. The molecular formula is C20H17NO5. The summed E-state index contributed by atoms with van der Waals surface area (Å²) >= 11 is 0. The van der Waals surface area contributed by atoms with Gasteiger partial charge in [0.2, 0.25) is 0 Å². The summed E-state index contributed by atoms with van der Waals surface area (Å²) < 4.78 is 5.84. The van der Waals surface area contributed by atoms with E-state index in [1.165, 1.54) is 0 Å². The van der Waals surface area contributed by atoms with E-state index in [1.807, 2.05) is 6.07 Å². The lowest BCUT2D eigenvalue weighted by atomic mass is 9.93. The molecule has 0 saturated heterocycles. The maximum Gasteiger partial charge on any atom is 0.323 e. The van der Waals surface area contributed by atoms with Gasteiger partial charge in [0.05, 0.1) is 5.57 Å². The summed E-state index contributed by atoms with van der Waals surface area (Å²) in [5, 5.41) is 9.04. The first kappa shape index (κ1) is 16.3. The molecule has 1 aliphatic carbocycles. The third kappa shape index (κ3) is 2.73. The maximum atomic E-state index is 12.8. The molecule has 1 saturated carbocycles. The molecule has 0 unspecified atom stereocenters. The summed E-state index contributed by atoms with van der Waals surface area (Å²) in [6.45, 7) is 1.48. The van der Waals surface area contributed by atoms with Gasteiger partial charge in [0, 0.05) is 17.0 Å². The van der Waals surface area contributed by atoms with Gasteiger partial charge in [-0.05, 0) is 36.6 Å². The first-order valence-electron chi connectivity index (χ1n) is 8.44. The summed E-state index contributed by atoms with van der Waals surface area (Å²) in [5.41, 5.74) is 1.05. The molecule has 2 amide bonds. The second-order valence-corrected chi connectivity index (χ2v) is 6.75. The van der Waals surface area contributed by atoms with Crippen LogP contribution >= 0.6 is 0 Å². The normalized spacial score (nSPS) is 23.3. The van der Waals surface area contributed by atoms with Gasteiger partial charge in [0.25, 0.3) is 11.8 Å². The molecule has 2 atom stereocenters. The largest absolute Gasteiger partial charge is 0.480 e. The zero-order chi connectivity index (χ0) is 18.4. The minimum atomic E-state index is -1.24. The van der Waals surface area contributed by atoms with Crippen molar-refractivity contribution in [3.05, 3.63) is 59.0 Å². The van der Waals surface area contributed by atoms with E-state index in [4.69, 9.17) is 9.52 Å². The monoisotopic (exact) mass is 351 g/mol. The Morgan fingerprint density at radius 2 is 1.88 bits per heavy atom. The number of imide groups is 1. The minimum Gasteiger partial charge on any atom is -0.480 e. The Hall–Kier alpha value is -3.15. The number of carbonyl (C=O) groups excluding carboxylic acids is 2. The van der Waals surface area contributed by atoms with Crippen molar-refractivity contribution in [1.82, 2.24) is 4.90 Å². The number of amides is 2. The third-order valence-electron chi connectivity index (χ3n) is 4.87. The molecule has 132 valence electrons. The first-order chi connectivity index (χ1) is 12.5. The highest BCUT2D eigenvalue weighted by Gasteiger charge is 2.38. The minimum absolute atomic E-state index is 0.256. The lowest BCUT2D eigenvalue weighted by molar-refractivity contribution is -0.141. The molecule has 1 fully saturated rings. The van der Waals surface area contributed by atoms with Gasteiger partial charge < -0.3 is 9.52 Å². The molecule has 6 heteroatoms. The van der Waals surface area contributed by atoms with Gasteiger partial charge in [-0.25, -0.2) is 0 Å². The van der Waals surface area contributed by atoms with E-state index in [0.29, 0.717) is 28.7 Å². The van der Waals surface area contributed by atoms with E-state index >= 15 is 0 Å². The Labute approximate surface area is 149 Å². The van der Waals surface area contributed by atoms with Gasteiger partial charge in [0.15, 0.2) is 0 Å². The highest BCUT2D eigenvalue weighted by Crippen LogP contribution is 2.47. The molecule has 2 heterocycles. The number of carboxylic acid groups (broad SMARTS) is 1. The van der Waals surface area contributed by atoms with Crippen molar-refractivity contribution in [1.29, 1.82) is 0 Å². The molecule has 0 spiro atoms. The Morgan fingerprint density at radius 3 is 2.54 bits per heavy atom. The Kier molecular flexibility index (Phi) is 3.76. The van der Waals surface area contributed by atoms with Gasteiger partial charge in [-0.3, -0.25) is 19.3 Å². The molecule has 1 aromatic heterocycles. The van der Waals surface area contributed by atoms with Gasteiger partial charge in [-0.15, -0.1) is 0 Å². The molecule has 4 rings (SSSR count). The molecule has 1 aromatic carbocycles. The summed E-state index contributed by atoms with van der Waals surface area (Å²) in [6.07, 6.45) is 2.67. The number of nitrogens with zero attached hydrogens (tertiary/aromatic N) is 1.